The van der Waals surface area contributed by atoms with Crippen LogP contribution in [-0.4, -0.2) is 59.9 Å². The maximum Gasteiger partial charge on any atom is 0.418 e. The fraction of sp³-hybridized carbons (Fsp3) is 0.500. The number of benzene rings is 1. The van der Waals surface area contributed by atoms with E-state index in [-0.39, 0.29) is 24.5 Å². The van der Waals surface area contributed by atoms with E-state index in [0.29, 0.717) is 30.6 Å². The highest BCUT2D eigenvalue weighted by atomic mass is 16.6. The quantitative estimate of drug-likeness (QED) is 0.801. The van der Waals surface area contributed by atoms with Gasteiger partial charge in [-0.2, -0.15) is 0 Å². The number of rotatable bonds is 3. The smallest absolute Gasteiger partial charge is 0.418 e. The van der Waals surface area contributed by atoms with Gasteiger partial charge in [-0.1, -0.05) is 6.07 Å². The summed E-state index contributed by atoms with van der Waals surface area (Å²) < 4.78 is 5.56. The Morgan fingerprint density at radius 3 is 2.79 bits per heavy atom. The van der Waals surface area contributed by atoms with Crippen LogP contribution in [0.1, 0.15) is 37.3 Å². The Kier molecular flexibility index (Phi) is 4.68. The van der Waals surface area contributed by atoms with Crippen molar-refractivity contribution < 1.29 is 23.9 Å². The Hall–Kier alpha value is -3.10. The first-order valence-corrected chi connectivity index (χ1v) is 9.82. The molecule has 5 amide bonds. The van der Waals surface area contributed by atoms with Gasteiger partial charge in [0.1, 0.15) is 6.54 Å². The van der Waals surface area contributed by atoms with Crippen LogP contribution in [0.25, 0.3) is 0 Å². The molecular weight excluding hydrogens is 376 g/mol. The molecule has 0 bridgehead atoms. The van der Waals surface area contributed by atoms with Gasteiger partial charge in [-0.05, 0) is 43.9 Å². The minimum atomic E-state index is -1.38. The average molecular weight is 400 g/mol. The van der Waals surface area contributed by atoms with E-state index in [0.717, 1.165) is 23.3 Å². The Balaban J connectivity index is 1.55. The molecule has 1 aromatic rings. The van der Waals surface area contributed by atoms with Crippen molar-refractivity contribution in [3.8, 4) is 0 Å². The molecule has 4 rings (SSSR count). The minimum Gasteiger partial charge on any atom is -0.427 e. The first kappa shape index (κ1) is 19.2. The maximum atomic E-state index is 13.2. The number of nitrogens with one attached hydrogen (secondary N) is 2. The number of fused-ring (bicyclic) bond motifs is 2. The van der Waals surface area contributed by atoms with Crippen molar-refractivity contribution in [3.63, 3.8) is 0 Å². The van der Waals surface area contributed by atoms with E-state index >= 15 is 0 Å². The lowest BCUT2D eigenvalue weighted by atomic mass is 9.94. The lowest BCUT2D eigenvalue weighted by molar-refractivity contribution is -0.142. The van der Waals surface area contributed by atoms with E-state index in [1.807, 2.05) is 6.92 Å². The third-order valence-corrected chi connectivity index (χ3v) is 6.01. The monoisotopic (exact) mass is 400 g/mol. The van der Waals surface area contributed by atoms with E-state index in [4.69, 9.17) is 4.74 Å². The topological polar surface area (TPSA) is 108 Å². The summed E-state index contributed by atoms with van der Waals surface area (Å²) in [5.74, 6) is -0.728. The highest BCUT2D eigenvalue weighted by Gasteiger charge is 2.58. The van der Waals surface area contributed by atoms with Gasteiger partial charge >= 0.3 is 12.1 Å². The third-order valence-electron chi connectivity index (χ3n) is 6.01. The summed E-state index contributed by atoms with van der Waals surface area (Å²) in [7, 11) is 1.52. The Morgan fingerprint density at radius 1 is 1.31 bits per heavy atom. The lowest BCUT2D eigenvalue weighted by Crippen LogP contribution is -2.45. The first-order chi connectivity index (χ1) is 13.9. The number of likely N-dealkylation sites (tertiary alicyclic amines) is 1. The number of aryl methyl sites for hydroxylation is 1. The fourth-order valence-corrected chi connectivity index (χ4v) is 4.45. The van der Waals surface area contributed by atoms with Crippen LogP contribution in [0.4, 0.5) is 15.3 Å². The van der Waals surface area contributed by atoms with Gasteiger partial charge in [-0.3, -0.25) is 9.59 Å². The summed E-state index contributed by atoms with van der Waals surface area (Å²) in [6, 6.07) is 4.92. The normalized spacial score (nSPS) is 25.4. The summed E-state index contributed by atoms with van der Waals surface area (Å²) >= 11 is 0. The van der Waals surface area contributed by atoms with Crippen molar-refractivity contribution in [3.05, 3.63) is 29.3 Å². The van der Waals surface area contributed by atoms with Crippen LogP contribution in [0.3, 0.4) is 0 Å². The lowest BCUT2D eigenvalue weighted by Gasteiger charge is -2.24. The first-order valence-electron chi connectivity index (χ1n) is 9.82. The van der Waals surface area contributed by atoms with E-state index in [9.17, 15) is 19.2 Å². The number of carbonyl (C=O) groups excluding carboxylic acids is 4. The second-order valence-corrected chi connectivity index (χ2v) is 7.74. The number of hydrogen-bond acceptors (Lipinski definition) is 5. The Labute approximate surface area is 168 Å². The maximum absolute atomic E-state index is 13.2. The molecule has 2 fully saturated rings. The molecule has 0 aromatic heterocycles. The van der Waals surface area contributed by atoms with Gasteiger partial charge in [-0.15, -0.1) is 0 Å². The Morgan fingerprint density at radius 2 is 2.10 bits per heavy atom. The summed E-state index contributed by atoms with van der Waals surface area (Å²) in [6.07, 6.45) is 1.92. The molecule has 2 N–H and O–H groups in total. The number of anilines is 1. The molecule has 1 aliphatic carbocycles. The molecule has 9 heteroatoms. The second kappa shape index (κ2) is 7.06. The van der Waals surface area contributed by atoms with Gasteiger partial charge in [0.05, 0.1) is 0 Å². The average Bonchev–Trinajstić information content (AvgIpc) is 3.35. The molecule has 9 nitrogen and oxygen atoms in total. The van der Waals surface area contributed by atoms with E-state index < -0.39 is 17.6 Å². The summed E-state index contributed by atoms with van der Waals surface area (Å²) in [4.78, 5) is 52.4. The molecule has 0 saturated carbocycles. The van der Waals surface area contributed by atoms with Crippen molar-refractivity contribution in [2.45, 2.75) is 44.2 Å². The Bertz CT molecular complexity index is 901. The van der Waals surface area contributed by atoms with Crippen molar-refractivity contribution in [2.75, 3.05) is 25.5 Å². The van der Waals surface area contributed by atoms with Crippen LogP contribution in [0.2, 0.25) is 0 Å². The van der Waals surface area contributed by atoms with Crippen molar-refractivity contribution >= 4 is 29.6 Å². The molecule has 1 spiro atoms. The number of hydrogen-bond donors (Lipinski definition) is 2. The fourth-order valence-electron chi connectivity index (χ4n) is 4.45. The number of ether oxygens (including phenoxy) is 1. The summed E-state index contributed by atoms with van der Waals surface area (Å²) in [6.45, 7) is 2.32. The number of urea groups is 1. The number of imide groups is 1. The van der Waals surface area contributed by atoms with E-state index in [1.54, 1.807) is 23.1 Å². The van der Waals surface area contributed by atoms with E-state index in [2.05, 4.69) is 10.6 Å². The van der Waals surface area contributed by atoms with Gasteiger partial charge < -0.3 is 20.3 Å². The minimum absolute atomic E-state index is 0.114. The van der Waals surface area contributed by atoms with Crippen LogP contribution in [-0.2, 0) is 26.3 Å². The third kappa shape index (κ3) is 3.10. The molecule has 29 heavy (non-hydrogen) atoms. The van der Waals surface area contributed by atoms with Gasteiger partial charge in [-0.25, -0.2) is 14.5 Å². The van der Waals surface area contributed by atoms with Gasteiger partial charge in [0.15, 0.2) is 0 Å². The van der Waals surface area contributed by atoms with Crippen LogP contribution < -0.4 is 10.6 Å². The molecular formula is C20H24N4O5. The molecule has 0 radical (unpaired) electrons. The zero-order valence-electron chi connectivity index (χ0n) is 16.5. The molecule has 1 aromatic carbocycles. The molecule has 3 aliphatic rings. The van der Waals surface area contributed by atoms with Crippen LogP contribution in [0, 0.1) is 0 Å². The van der Waals surface area contributed by atoms with Gasteiger partial charge in [0, 0.05) is 37.3 Å². The zero-order valence-corrected chi connectivity index (χ0v) is 16.5. The van der Waals surface area contributed by atoms with Gasteiger partial charge in [0.2, 0.25) is 11.5 Å². The molecule has 0 unspecified atom stereocenters. The van der Waals surface area contributed by atoms with Crippen molar-refractivity contribution in [2.24, 2.45) is 0 Å². The number of carbonyl (C=O) groups is 4. The largest absolute Gasteiger partial charge is 0.427 e. The van der Waals surface area contributed by atoms with Crippen molar-refractivity contribution in [1.29, 1.82) is 0 Å². The van der Waals surface area contributed by atoms with Crippen LogP contribution in [0.15, 0.2) is 18.2 Å². The highest BCUT2D eigenvalue weighted by Crippen LogP contribution is 2.46. The van der Waals surface area contributed by atoms with E-state index in [1.165, 1.54) is 7.05 Å². The summed E-state index contributed by atoms with van der Waals surface area (Å²) in [5.41, 5.74) is 0.658. The van der Waals surface area contributed by atoms with Crippen LogP contribution in [0.5, 0.6) is 0 Å². The number of amides is 5. The van der Waals surface area contributed by atoms with Crippen molar-refractivity contribution in [1.82, 2.24) is 15.1 Å². The van der Waals surface area contributed by atoms with Gasteiger partial charge in [0.25, 0.3) is 5.91 Å². The zero-order chi connectivity index (χ0) is 20.8. The molecule has 154 valence electrons. The standard InChI is InChI=1S/C20H24N4O5/c1-12-4-3-9-23(12)16(25)11-24-17(26)20(29-19(24)28)8-7-13-10-14(5-6-15(13)20)22-18(27)21-2/h5-6,10,12H,3-4,7-9,11H2,1-2H3,(H2,21,22,27)/t12-,20-/m1/s1. The second-order valence-electron chi connectivity index (χ2n) is 7.74. The highest BCUT2D eigenvalue weighted by molar-refractivity contribution is 6.06. The number of nitrogens with zero attached hydrogens (tertiary/aromatic N) is 2. The molecule has 2 atom stereocenters. The molecule has 2 saturated heterocycles. The molecule has 2 heterocycles. The summed E-state index contributed by atoms with van der Waals surface area (Å²) in [5, 5.41) is 5.16. The molecule has 2 aliphatic heterocycles. The predicted octanol–water partition coefficient (Wildman–Crippen LogP) is 1.57. The van der Waals surface area contributed by atoms with Crippen LogP contribution >= 0.6 is 0 Å². The predicted molar refractivity (Wildman–Crippen MR) is 103 cm³/mol. The SMILES string of the molecule is CNC(=O)Nc1ccc2c(c1)CC[C@@]21OC(=O)N(CC(=O)N2CCC[C@H]2C)C1=O.